The minimum absolute atomic E-state index is 0.0979. The van der Waals surface area contributed by atoms with Crippen molar-refractivity contribution in [1.29, 1.82) is 0 Å². The molecular formula is C20H32FN3. The summed E-state index contributed by atoms with van der Waals surface area (Å²) in [5.74, 6) is -0.0979. The summed E-state index contributed by atoms with van der Waals surface area (Å²) in [5.41, 5.74) is 1.06. The molecule has 0 aromatic heterocycles. The number of likely N-dealkylation sites (N-methyl/N-ethyl adjacent to an activating group) is 1. The third kappa shape index (κ3) is 4.16. The summed E-state index contributed by atoms with van der Waals surface area (Å²) in [6.07, 6.45) is 6.58. The van der Waals surface area contributed by atoms with Gasteiger partial charge in [-0.3, -0.25) is 4.90 Å². The van der Waals surface area contributed by atoms with Crippen LogP contribution in [0.4, 0.5) is 4.39 Å². The van der Waals surface area contributed by atoms with Crippen molar-refractivity contribution >= 4 is 0 Å². The minimum atomic E-state index is -0.0979. The highest BCUT2D eigenvalue weighted by Crippen LogP contribution is 2.34. The number of nitrogens with zero attached hydrogens (tertiary/aromatic N) is 2. The fourth-order valence-electron chi connectivity index (χ4n) is 4.42. The molecule has 1 aliphatic heterocycles. The van der Waals surface area contributed by atoms with Gasteiger partial charge in [0.25, 0.3) is 0 Å². The van der Waals surface area contributed by atoms with Crippen LogP contribution in [0, 0.1) is 5.82 Å². The molecule has 4 heteroatoms. The Morgan fingerprint density at radius 2 is 1.75 bits per heavy atom. The Balaban J connectivity index is 1.60. The number of rotatable bonds is 6. The lowest BCUT2D eigenvalue weighted by atomic mass is 9.79. The molecule has 24 heavy (non-hydrogen) atoms. The zero-order valence-electron chi connectivity index (χ0n) is 15.1. The van der Waals surface area contributed by atoms with E-state index in [1.54, 1.807) is 12.1 Å². The van der Waals surface area contributed by atoms with Crippen LogP contribution in [0.2, 0.25) is 0 Å². The van der Waals surface area contributed by atoms with Crippen LogP contribution in [0.15, 0.2) is 24.3 Å². The van der Waals surface area contributed by atoms with E-state index in [1.165, 1.54) is 58.3 Å². The highest BCUT2D eigenvalue weighted by atomic mass is 19.1. The maximum Gasteiger partial charge on any atom is 0.127 e. The van der Waals surface area contributed by atoms with Crippen molar-refractivity contribution in [3.8, 4) is 0 Å². The van der Waals surface area contributed by atoms with Gasteiger partial charge in [-0.05, 0) is 25.5 Å². The van der Waals surface area contributed by atoms with E-state index in [-0.39, 0.29) is 11.4 Å². The first kappa shape index (κ1) is 17.8. The van der Waals surface area contributed by atoms with E-state index in [1.807, 2.05) is 12.1 Å². The third-order valence-electron chi connectivity index (χ3n) is 6.00. The van der Waals surface area contributed by atoms with E-state index < -0.39 is 0 Å². The summed E-state index contributed by atoms with van der Waals surface area (Å²) in [6.45, 7) is 9.74. The molecule has 1 heterocycles. The molecule has 1 aliphatic carbocycles. The molecule has 0 unspecified atom stereocenters. The van der Waals surface area contributed by atoms with Crippen LogP contribution in [0.1, 0.15) is 44.6 Å². The van der Waals surface area contributed by atoms with E-state index in [9.17, 15) is 4.39 Å². The molecule has 3 rings (SSSR count). The van der Waals surface area contributed by atoms with E-state index in [0.717, 1.165) is 18.7 Å². The standard InChI is InChI=1S/C20H32FN3/c1-2-23-12-14-24(15-13-23)20(10-6-3-7-11-20)17-22-16-18-8-4-5-9-19(18)21/h4-5,8-9,22H,2-3,6-7,10-17H2,1H3. The SMILES string of the molecule is CCN1CCN(C2(CNCc3ccccc3F)CCCCC2)CC1. The summed E-state index contributed by atoms with van der Waals surface area (Å²) >= 11 is 0. The van der Waals surface area contributed by atoms with Crippen molar-refractivity contribution in [2.24, 2.45) is 0 Å². The Bertz CT molecular complexity index is 505. The lowest BCUT2D eigenvalue weighted by Gasteiger charge is -2.50. The summed E-state index contributed by atoms with van der Waals surface area (Å²) < 4.78 is 13.8. The van der Waals surface area contributed by atoms with Crippen LogP contribution in [0.25, 0.3) is 0 Å². The molecule has 1 aromatic carbocycles. The van der Waals surface area contributed by atoms with E-state index in [4.69, 9.17) is 0 Å². The van der Waals surface area contributed by atoms with Gasteiger partial charge in [0.2, 0.25) is 0 Å². The molecule has 1 saturated heterocycles. The third-order valence-corrected chi connectivity index (χ3v) is 6.00. The van der Waals surface area contributed by atoms with Gasteiger partial charge in [0, 0.05) is 50.4 Å². The normalized spacial score (nSPS) is 22.6. The summed E-state index contributed by atoms with van der Waals surface area (Å²) in [4.78, 5) is 5.27. The summed E-state index contributed by atoms with van der Waals surface area (Å²) in [6, 6.07) is 7.11. The van der Waals surface area contributed by atoms with Gasteiger partial charge in [-0.25, -0.2) is 4.39 Å². The summed E-state index contributed by atoms with van der Waals surface area (Å²) in [7, 11) is 0. The zero-order valence-corrected chi connectivity index (χ0v) is 15.1. The van der Waals surface area contributed by atoms with E-state index in [2.05, 4.69) is 22.0 Å². The molecule has 1 aromatic rings. The van der Waals surface area contributed by atoms with Crippen molar-refractivity contribution in [1.82, 2.24) is 15.1 Å². The molecule has 1 saturated carbocycles. The fraction of sp³-hybridized carbons (Fsp3) is 0.700. The van der Waals surface area contributed by atoms with Gasteiger partial charge in [-0.2, -0.15) is 0 Å². The largest absolute Gasteiger partial charge is 0.311 e. The second-order valence-corrected chi connectivity index (χ2v) is 7.40. The van der Waals surface area contributed by atoms with Gasteiger partial charge in [0.1, 0.15) is 5.82 Å². The Morgan fingerprint density at radius 3 is 2.42 bits per heavy atom. The highest BCUT2D eigenvalue weighted by Gasteiger charge is 2.38. The van der Waals surface area contributed by atoms with Crippen LogP contribution in [-0.2, 0) is 6.54 Å². The van der Waals surface area contributed by atoms with Crippen molar-refractivity contribution in [3.63, 3.8) is 0 Å². The number of hydrogen-bond acceptors (Lipinski definition) is 3. The van der Waals surface area contributed by atoms with Crippen molar-refractivity contribution < 1.29 is 4.39 Å². The van der Waals surface area contributed by atoms with Crippen molar-refractivity contribution in [2.45, 2.75) is 51.1 Å². The molecule has 0 atom stereocenters. The molecule has 0 bridgehead atoms. The second-order valence-electron chi connectivity index (χ2n) is 7.40. The quantitative estimate of drug-likeness (QED) is 0.862. The van der Waals surface area contributed by atoms with Crippen LogP contribution >= 0.6 is 0 Å². The number of halogens is 1. The zero-order chi connectivity index (χ0) is 16.8. The van der Waals surface area contributed by atoms with Crippen LogP contribution < -0.4 is 5.32 Å². The first-order valence-corrected chi connectivity index (χ1v) is 9.65. The maximum absolute atomic E-state index is 13.8. The molecular weight excluding hydrogens is 301 g/mol. The van der Waals surface area contributed by atoms with Crippen molar-refractivity contribution in [2.75, 3.05) is 39.3 Å². The van der Waals surface area contributed by atoms with Gasteiger partial charge < -0.3 is 10.2 Å². The van der Waals surface area contributed by atoms with Gasteiger partial charge in [-0.1, -0.05) is 44.4 Å². The van der Waals surface area contributed by atoms with Crippen LogP contribution in [-0.4, -0.2) is 54.6 Å². The smallest absolute Gasteiger partial charge is 0.127 e. The average molecular weight is 333 g/mol. The van der Waals surface area contributed by atoms with Gasteiger partial charge >= 0.3 is 0 Å². The molecule has 2 fully saturated rings. The number of piperazine rings is 1. The minimum Gasteiger partial charge on any atom is -0.311 e. The lowest BCUT2D eigenvalue weighted by Crippen LogP contribution is -2.61. The second kappa shape index (κ2) is 8.41. The molecule has 134 valence electrons. The Labute approximate surface area is 146 Å². The predicted molar refractivity (Wildman–Crippen MR) is 97.6 cm³/mol. The number of nitrogens with one attached hydrogen (secondary N) is 1. The molecule has 1 N–H and O–H groups in total. The molecule has 0 spiro atoms. The molecule has 3 nitrogen and oxygen atoms in total. The molecule has 0 amide bonds. The van der Waals surface area contributed by atoms with Crippen LogP contribution in [0.3, 0.4) is 0 Å². The number of benzene rings is 1. The highest BCUT2D eigenvalue weighted by molar-refractivity contribution is 5.17. The van der Waals surface area contributed by atoms with E-state index in [0.29, 0.717) is 6.54 Å². The Hall–Kier alpha value is -0.970. The monoisotopic (exact) mass is 333 g/mol. The fourth-order valence-corrected chi connectivity index (χ4v) is 4.42. The Morgan fingerprint density at radius 1 is 1.04 bits per heavy atom. The Kier molecular flexibility index (Phi) is 6.25. The molecule has 0 radical (unpaired) electrons. The van der Waals surface area contributed by atoms with Gasteiger partial charge in [-0.15, -0.1) is 0 Å². The lowest BCUT2D eigenvalue weighted by molar-refractivity contribution is 0.00880. The maximum atomic E-state index is 13.8. The van der Waals surface area contributed by atoms with E-state index >= 15 is 0 Å². The van der Waals surface area contributed by atoms with Crippen LogP contribution in [0.5, 0.6) is 0 Å². The predicted octanol–water partition coefficient (Wildman–Crippen LogP) is 3.26. The average Bonchev–Trinajstić information content (AvgIpc) is 2.64. The number of hydrogen-bond donors (Lipinski definition) is 1. The first-order valence-electron chi connectivity index (χ1n) is 9.65. The summed E-state index contributed by atoms with van der Waals surface area (Å²) in [5, 5.41) is 3.58. The first-order chi connectivity index (χ1) is 11.7. The van der Waals surface area contributed by atoms with Gasteiger partial charge in [0.05, 0.1) is 0 Å². The van der Waals surface area contributed by atoms with Gasteiger partial charge in [0.15, 0.2) is 0 Å². The topological polar surface area (TPSA) is 18.5 Å². The van der Waals surface area contributed by atoms with Crippen molar-refractivity contribution in [3.05, 3.63) is 35.6 Å². The molecule has 2 aliphatic rings.